The van der Waals surface area contributed by atoms with Crippen LogP contribution in [0.25, 0.3) is 0 Å². The Bertz CT molecular complexity index is 658. The first-order valence-electron chi connectivity index (χ1n) is 6.04. The fourth-order valence-electron chi connectivity index (χ4n) is 1.85. The first kappa shape index (κ1) is 12.3. The van der Waals surface area contributed by atoms with E-state index in [0.717, 1.165) is 17.1 Å². The Morgan fingerprint density at radius 2 is 2.10 bits per heavy atom. The van der Waals surface area contributed by atoms with E-state index in [1.807, 2.05) is 18.2 Å². The molecule has 0 saturated carbocycles. The molecule has 1 aliphatic rings. The number of hydrogen-bond acceptors (Lipinski definition) is 5. The lowest BCUT2D eigenvalue weighted by molar-refractivity contribution is 0.174. The van der Waals surface area contributed by atoms with Crippen LogP contribution in [-0.4, -0.2) is 17.6 Å². The molecule has 2 heterocycles. The number of ether oxygens (including phenoxy) is 3. The third-order valence-electron chi connectivity index (χ3n) is 2.85. The molecule has 0 unspecified atom stereocenters. The molecule has 0 amide bonds. The van der Waals surface area contributed by atoms with Crippen LogP contribution in [0.5, 0.6) is 17.2 Å². The summed E-state index contributed by atoms with van der Waals surface area (Å²) in [6, 6.07) is 9.01. The van der Waals surface area contributed by atoms with Crippen LogP contribution in [0.15, 0.2) is 36.5 Å². The van der Waals surface area contributed by atoms with E-state index >= 15 is 0 Å². The molecule has 3 N–H and O–H groups in total. The molecule has 3 rings (SSSR count). The normalized spacial score (nSPS) is 12.2. The van der Waals surface area contributed by atoms with Crippen molar-refractivity contribution in [3.63, 3.8) is 0 Å². The van der Waals surface area contributed by atoms with E-state index < -0.39 is 0 Å². The van der Waals surface area contributed by atoms with Crippen LogP contribution in [0.4, 0.5) is 0 Å². The van der Waals surface area contributed by atoms with Crippen molar-refractivity contribution in [3.05, 3.63) is 47.8 Å². The second-order valence-electron chi connectivity index (χ2n) is 4.27. The van der Waals surface area contributed by atoms with Crippen molar-refractivity contribution in [1.82, 2.24) is 4.98 Å². The molecule has 0 bridgehead atoms. The second kappa shape index (κ2) is 5.08. The highest BCUT2D eigenvalue weighted by molar-refractivity contribution is 5.93. The van der Waals surface area contributed by atoms with Crippen LogP contribution in [0.2, 0.25) is 0 Å². The van der Waals surface area contributed by atoms with Crippen molar-refractivity contribution in [1.29, 1.82) is 5.41 Å². The summed E-state index contributed by atoms with van der Waals surface area (Å²) >= 11 is 0. The summed E-state index contributed by atoms with van der Waals surface area (Å²) < 4.78 is 16.2. The Kier molecular flexibility index (Phi) is 3.12. The molecular weight excluding hydrogens is 258 g/mol. The number of amidine groups is 1. The number of hydrogen-bond donors (Lipinski definition) is 2. The van der Waals surface area contributed by atoms with Crippen molar-refractivity contribution in [2.24, 2.45) is 5.73 Å². The number of rotatable bonds is 4. The van der Waals surface area contributed by atoms with Gasteiger partial charge < -0.3 is 19.9 Å². The Morgan fingerprint density at radius 3 is 2.95 bits per heavy atom. The zero-order valence-electron chi connectivity index (χ0n) is 10.6. The lowest BCUT2D eigenvalue weighted by Gasteiger charge is -2.08. The third kappa shape index (κ3) is 2.49. The van der Waals surface area contributed by atoms with Gasteiger partial charge in [0.1, 0.15) is 23.9 Å². The number of nitrogen functional groups attached to an aromatic ring is 1. The standard InChI is InChI=1S/C14H13N3O3/c15-14(16)11-6-10(3-4-17-11)18-7-9-1-2-12-13(5-9)20-8-19-12/h1-6H,7-8H2,(H3,15,16). The summed E-state index contributed by atoms with van der Waals surface area (Å²) in [5.41, 5.74) is 6.75. The summed E-state index contributed by atoms with van der Waals surface area (Å²) in [4.78, 5) is 3.98. The molecule has 1 aliphatic heterocycles. The fourth-order valence-corrected chi connectivity index (χ4v) is 1.85. The van der Waals surface area contributed by atoms with Crippen molar-refractivity contribution >= 4 is 5.84 Å². The first-order chi connectivity index (χ1) is 9.72. The smallest absolute Gasteiger partial charge is 0.231 e. The van der Waals surface area contributed by atoms with E-state index in [4.69, 9.17) is 25.4 Å². The van der Waals surface area contributed by atoms with Gasteiger partial charge in [-0.2, -0.15) is 0 Å². The van der Waals surface area contributed by atoms with Gasteiger partial charge in [0.25, 0.3) is 0 Å². The fraction of sp³-hybridized carbons (Fsp3) is 0.143. The molecule has 0 aliphatic carbocycles. The van der Waals surface area contributed by atoms with E-state index in [0.29, 0.717) is 18.1 Å². The van der Waals surface area contributed by atoms with Gasteiger partial charge in [-0.05, 0) is 23.8 Å². The van der Waals surface area contributed by atoms with Gasteiger partial charge in [0.05, 0.1) is 0 Å². The number of nitrogens with two attached hydrogens (primary N) is 1. The lowest BCUT2D eigenvalue weighted by Crippen LogP contribution is -2.13. The maximum atomic E-state index is 7.34. The average Bonchev–Trinajstić information content (AvgIpc) is 2.93. The minimum absolute atomic E-state index is 0.0847. The third-order valence-corrected chi connectivity index (χ3v) is 2.85. The number of pyridine rings is 1. The number of aromatic nitrogens is 1. The molecule has 2 aromatic rings. The molecule has 0 saturated heterocycles. The van der Waals surface area contributed by atoms with Gasteiger partial charge >= 0.3 is 0 Å². The molecular formula is C14H13N3O3. The van der Waals surface area contributed by atoms with Crippen molar-refractivity contribution in [3.8, 4) is 17.2 Å². The molecule has 6 heteroatoms. The lowest BCUT2D eigenvalue weighted by atomic mass is 10.2. The molecule has 0 radical (unpaired) electrons. The van der Waals surface area contributed by atoms with Gasteiger partial charge in [-0.15, -0.1) is 0 Å². The molecule has 20 heavy (non-hydrogen) atoms. The molecule has 1 aromatic heterocycles. The Morgan fingerprint density at radius 1 is 1.25 bits per heavy atom. The highest BCUT2D eigenvalue weighted by Crippen LogP contribution is 2.32. The minimum atomic E-state index is -0.0847. The van der Waals surface area contributed by atoms with Crippen LogP contribution in [0, 0.1) is 5.41 Å². The summed E-state index contributed by atoms with van der Waals surface area (Å²) in [5.74, 6) is 2.00. The number of nitrogens with zero attached hydrogens (tertiary/aromatic N) is 1. The van der Waals surface area contributed by atoms with E-state index in [2.05, 4.69) is 4.98 Å². The molecule has 0 fully saturated rings. The highest BCUT2D eigenvalue weighted by atomic mass is 16.7. The van der Waals surface area contributed by atoms with E-state index in [1.165, 1.54) is 0 Å². The topological polar surface area (TPSA) is 90.5 Å². The predicted molar refractivity (Wildman–Crippen MR) is 72.2 cm³/mol. The van der Waals surface area contributed by atoms with E-state index in [-0.39, 0.29) is 12.6 Å². The van der Waals surface area contributed by atoms with E-state index in [9.17, 15) is 0 Å². The molecule has 0 atom stereocenters. The van der Waals surface area contributed by atoms with Crippen LogP contribution < -0.4 is 19.9 Å². The zero-order chi connectivity index (χ0) is 13.9. The van der Waals surface area contributed by atoms with Crippen molar-refractivity contribution in [2.45, 2.75) is 6.61 Å². The number of fused-ring (bicyclic) bond motifs is 1. The highest BCUT2D eigenvalue weighted by Gasteiger charge is 2.13. The quantitative estimate of drug-likeness (QED) is 0.652. The minimum Gasteiger partial charge on any atom is -0.489 e. The monoisotopic (exact) mass is 271 g/mol. The van der Waals surface area contributed by atoms with Gasteiger partial charge in [-0.1, -0.05) is 6.07 Å². The van der Waals surface area contributed by atoms with Crippen LogP contribution in [0.1, 0.15) is 11.3 Å². The average molecular weight is 271 g/mol. The van der Waals surface area contributed by atoms with Crippen LogP contribution in [0.3, 0.4) is 0 Å². The predicted octanol–water partition coefficient (Wildman–Crippen LogP) is 1.67. The molecule has 1 aromatic carbocycles. The maximum absolute atomic E-state index is 7.34. The summed E-state index contributed by atoms with van der Waals surface area (Å²) in [6.45, 7) is 0.643. The van der Waals surface area contributed by atoms with Gasteiger partial charge in [0, 0.05) is 12.3 Å². The number of nitrogens with one attached hydrogen (secondary N) is 1. The number of benzene rings is 1. The summed E-state index contributed by atoms with van der Waals surface area (Å²) in [5, 5.41) is 7.34. The first-order valence-corrected chi connectivity index (χ1v) is 6.04. The molecule has 102 valence electrons. The van der Waals surface area contributed by atoms with Gasteiger partial charge in [-0.25, -0.2) is 0 Å². The zero-order valence-corrected chi connectivity index (χ0v) is 10.6. The van der Waals surface area contributed by atoms with Gasteiger partial charge in [0.15, 0.2) is 11.5 Å². The second-order valence-corrected chi connectivity index (χ2v) is 4.27. The molecule has 0 spiro atoms. The van der Waals surface area contributed by atoms with E-state index in [1.54, 1.807) is 18.3 Å². The van der Waals surface area contributed by atoms with Gasteiger partial charge in [0.2, 0.25) is 6.79 Å². The van der Waals surface area contributed by atoms with Crippen LogP contribution >= 0.6 is 0 Å². The Balaban J connectivity index is 1.70. The SMILES string of the molecule is N=C(N)c1cc(OCc2ccc3c(c2)OCO3)ccn1. The Labute approximate surface area is 115 Å². The molecule has 6 nitrogen and oxygen atoms in total. The van der Waals surface area contributed by atoms with Crippen LogP contribution in [-0.2, 0) is 6.61 Å². The largest absolute Gasteiger partial charge is 0.489 e. The van der Waals surface area contributed by atoms with Crippen molar-refractivity contribution in [2.75, 3.05) is 6.79 Å². The Hall–Kier alpha value is -2.76. The summed E-state index contributed by atoms with van der Waals surface area (Å²) in [6.07, 6.45) is 1.56. The summed E-state index contributed by atoms with van der Waals surface area (Å²) in [7, 11) is 0. The van der Waals surface area contributed by atoms with Gasteiger partial charge in [-0.3, -0.25) is 10.4 Å². The maximum Gasteiger partial charge on any atom is 0.231 e. The van der Waals surface area contributed by atoms with Crippen molar-refractivity contribution < 1.29 is 14.2 Å².